The lowest BCUT2D eigenvalue weighted by Crippen LogP contribution is -2.17. The van der Waals surface area contributed by atoms with Crippen LogP contribution in [0.15, 0.2) is 84.0 Å². The van der Waals surface area contributed by atoms with Crippen LogP contribution in [0.2, 0.25) is 0 Å². The molecule has 0 aliphatic heterocycles. The average Bonchev–Trinajstić information content (AvgIpc) is 2.75. The first-order valence-corrected chi connectivity index (χ1v) is 8.51. The van der Waals surface area contributed by atoms with Gasteiger partial charge in [0.05, 0.1) is 18.9 Å². The third-order valence-corrected chi connectivity index (χ3v) is 3.85. The number of benzene rings is 3. The quantitative estimate of drug-likeness (QED) is 0.309. The molecule has 0 aliphatic carbocycles. The normalized spacial score (nSPS) is 10.5. The minimum absolute atomic E-state index is 0.329. The topological polar surface area (TPSA) is 77.0 Å². The van der Waals surface area contributed by atoms with Crippen LogP contribution >= 0.6 is 0 Å². The summed E-state index contributed by atoms with van der Waals surface area (Å²) in [7, 11) is 1.56. The second-order valence-corrected chi connectivity index (χ2v) is 5.72. The van der Waals surface area contributed by atoms with Crippen molar-refractivity contribution in [2.45, 2.75) is 0 Å². The molecule has 0 heterocycles. The zero-order valence-electron chi connectivity index (χ0n) is 15.2. The monoisotopic (exact) mass is 374 g/mol. The summed E-state index contributed by atoms with van der Waals surface area (Å²) < 4.78 is 10.5. The maximum Gasteiger partial charge on any atom is 0.343 e. The molecule has 0 atom stereocenters. The molecular formula is C22H18N2O4. The zero-order valence-corrected chi connectivity index (χ0v) is 15.2. The molecule has 3 aromatic rings. The summed E-state index contributed by atoms with van der Waals surface area (Å²) >= 11 is 0. The van der Waals surface area contributed by atoms with E-state index in [4.69, 9.17) is 9.47 Å². The van der Waals surface area contributed by atoms with Gasteiger partial charge in [0.2, 0.25) is 0 Å². The van der Waals surface area contributed by atoms with Crippen LogP contribution < -0.4 is 14.9 Å². The van der Waals surface area contributed by atoms with Gasteiger partial charge in [0, 0.05) is 11.1 Å². The SMILES string of the molecule is COc1ccc(C(=O)Oc2ccccc2/C=N\NC(=O)c2ccccc2)cc1. The number of nitrogens with one attached hydrogen (secondary N) is 1. The molecule has 140 valence electrons. The molecule has 1 amide bonds. The van der Waals surface area contributed by atoms with Crippen LogP contribution in [-0.2, 0) is 0 Å². The number of hydrogen-bond donors (Lipinski definition) is 1. The van der Waals surface area contributed by atoms with Crippen LogP contribution in [0.4, 0.5) is 0 Å². The van der Waals surface area contributed by atoms with E-state index in [1.807, 2.05) is 6.07 Å². The predicted octanol–water partition coefficient (Wildman–Crippen LogP) is 3.68. The number of carbonyl (C=O) groups excluding carboxylic acids is 2. The van der Waals surface area contributed by atoms with E-state index in [2.05, 4.69) is 10.5 Å². The fourth-order valence-electron chi connectivity index (χ4n) is 2.38. The van der Waals surface area contributed by atoms with Gasteiger partial charge >= 0.3 is 5.97 Å². The molecule has 3 rings (SSSR count). The van der Waals surface area contributed by atoms with Crippen molar-refractivity contribution in [3.8, 4) is 11.5 Å². The molecule has 0 saturated carbocycles. The standard InChI is InChI=1S/C22H18N2O4/c1-27-19-13-11-17(12-14-19)22(26)28-20-10-6-5-9-18(20)15-23-24-21(25)16-7-3-2-4-8-16/h2-15H,1H3,(H,24,25)/b23-15-. The summed E-state index contributed by atoms with van der Waals surface area (Å²) in [4.78, 5) is 24.4. The number of rotatable bonds is 6. The van der Waals surface area contributed by atoms with E-state index < -0.39 is 5.97 Å². The van der Waals surface area contributed by atoms with Gasteiger partial charge < -0.3 is 9.47 Å². The lowest BCUT2D eigenvalue weighted by Gasteiger charge is -2.08. The maximum absolute atomic E-state index is 12.4. The van der Waals surface area contributed by atoms with Crippen molar-refractivity contribution < 1.29 is 19.1 Å². The van der Waals surface area contributed by atoms with Crippen molar-refractivity contribution in [3.05, 3.63) is 95.6 Å². The Morgan fingerprint density at radius 2 is 1.54 bits per heavy atom. The van der Waals surface area contributed by atoms with Crippen LogP contribution in [0, 0.1) is 0 Å². The van der Waals surface area contributed by atoms with Crippen LogP contribution in [0.3, 0.4) is 0 Å². The minimum Gasteiger partial charge on any atom is -0.497 e. The number of ether oxygens (including phenoxy) is 2. The van der Waals surface area contributed by atoms with Crippen LogP contribution in [0.5, 0.6) is 11.5 Å². The molecule has 0 spiro atoms. The molecule has 0 radical (unpaired) electrons. The Morgan fingerprint density at radius 3 is 2.25 bits per heavy atom. The van der Waals surface area contributed by atoms with E-state index in [0.717, 1.165) is 0 Å². The first kappa shape index (κ1) is 18.8. The van der Waals surface area contributed by atoms with Gasteiger partial charge in [-0.2, -0.15) is 5.10 Å². The molecule has 0 fully saturated rings. The summed E-state index contributed by atoms with van der Waals surface area (Å²) in [5, 5.41) is 3.95. The Balaban J connectivity index is 1.68. The number of methoxy groups -OCH3 is 1. The summed E-state index contributed by atoms with van der Waals surface area (Å²) in [5.74, 6) is 0.153. The number of para-hydroxylation sites is 1. The molecule has 3 aromatic carbocycles. The second kappa shape index (κ2) is 9.14. The second-order valence-electron chi connectivity index (χ2n) is 5.72. The minimum atomic E-state index is -0.503. The van der Waals surface area contributed by atoms with E-state index in [9.17, 15) is 9.59 Å². The summed E-state index contributed by atoms with van der Waals surface area (Å²) in [6, 6.07) is 22.3. The van der Waals surface area contributed by atoms with Crippen molar-refractivity contribution in [1.29, 1.82) is 0 Å². The van der Waals surface area contributed by atoms with Gasteiger partial charge in [0.1, 0.15) is 11.5 Å². The molecule has 0 aromatic heterocycles. The Morgan fingerprint density at radius 1 is 0.857 bits per heavy atom. The van der Waals surface area contributed by atoms with Gasteiger partial charge in [-0.3, -0.25) is 4.79 Å². The summed E-state index contributed by atoms with van der Waals surface area (Å²) in [6.07, 6.45) is 1.43. The Bertz CT molecular complexity index is 983. The molecule has 6 heteroatoms. The maximum atomic E-state index is 12.4. The van der Waals surface area contributed by atoms with Gasteiger partial charge in [-0.05, 0) is 48.5 Å². The Kier molecular flexibility index (Phi) is 6.15. The van der Waals surface area contributed by atoms with Crippen LogP contribution in [0.25, 0.3) is 0 Å². The first-order chi connectivity index (χ1) is 13.7. The lowest BCUT2D eigenvalue weighted by molar-refractivity contribution is 0.0734. The molecule has 0 unspecified atom stereocenters. The fourth-order valence-corrected chi connectivity index (χ4v) is 2.38. The van der Waals surface area contributed by atoms with Crippen molar-refractivity contribution in [2.75, 3.05) is 7.11 Å². The number of esters is 1. The van der Waals surface area contributed by atoms with Crippen molar-refractivity contribution in [1.82, 2.24) is 5.43 Å². The van der Waals surface area contributed by atoms with Crippen molar-refractivity contribution in [2.24, 2.45) is 5.10 Å². The smallest absolute Gasteiger partial charge is 0.343 e. The Labute approximate surface area is 162 Å². The third kappa shape index (κ3) is 4.82. The van der Waals surface area contributed by atoms with E-state index in [1.54, 1.807) is 79.9 Å². The van der Waals surface area contributed by atoms with Crippen molar-refractivity contribution in [3.63, 3.8) is 0 Å². The molecule has 1 N–H and O–H groups in total. The first-order valence-electron chi connectivity index (χ1n) is 8.51. The van der Waals surface area contributed by atoms with E-state index >= 15 is 0 Å². The summed E-state index contributed by atoms with van der Waals surface area (Å²) in [6.45, 7) is 0. The van der Waals surface area contributed by atoms with Gasteiger partial charge in [0.25, 0.3) is 5.91 Å². The fraction of sp³-hybridized carbons (Fsp3) is 0.0455. The highest BCUT2D eigenvalue weighted by molar-refractivity contribution is 5.96. The summed E-state index contributed by atoms with van der Waals surface area (Å²) in [5.41, 5.74) is 3.89. The lowest BCUT2D eigenvalue weighted by atomic mass is 10.2. The van der Waals surface area contributed by atoms with Gasteiger partial charge in [-0.15, -0.1) is 0 Å². The number of amides is 1. The largest absolute Gasteiger partial charge is 0.497 e. The van der Waals surface area contributed by atoms with Gasteiger partial charge in [-0.1, -0.05) is 30.3 Å². The van der Waals surface area contributed by atoms with E-state index in [-0.39, 0.29) is 5.91 Å². The van der Waals surface area contributed by atoms with Gasteiger partial charge in [0.15, 0.2) is 0 Å². The van der Waals surface area contributed by atoms with Crippen molar-refractivity contribution >= 4 is 18.1 Å². The number of hydrazone groups is 1. The molecule has 0 aliphatic rings. The van der Waals surface area contributed by atoms with E-state index in [0.29, 0.717) is 28.2 Å². The molecular weight excluding hydrogens is 356 g/mol. The van der Waals surface area contributed by atoms with Crippen LogP contribution in [0.1, 0.15) is 26.3 Å². The number of nitrogens with zero attached hydrogens (tertiary/aromatic N) is 1. The highest BCUT2D eigenvalue weighted by atomic mass is 16.5. The Hall–Kier alpha value is -3.93. The number of carbonyl (C=O) groups is 2. The third-order valence-electron chi connectivity index (χ3n) is 3.85. The highest BCUT2D eigenvalue weighted by Gasteiger charge is 2.11. The molecule has 6 nitrogen and oxygen atoms in total. The van der Waals surface area contributed by atoms with Gasteiger partial charge in [-0.25, -0.2) is 10.2 Å². The average molecular weight is 374 g/mol. The predicted molar refractivity (Wildman–Crippen MR) is 106 cm³/mol. The zero-order chi connectivity index (χ0) is 19.8. The molecule has 28 heavy (non-hydrogen) atoms. The highest BCUT2D eigenvalue weighted by Crippen LogP contribution is 2.19. The molecule has 0 bridgehead atoms. The van der Waals surface area contributed by atoms with E-state index in [1.165, 1.54) is 6.21 Å². The number of hydrogen-bond acceptors (Lipinski definition) is 5. The molecule has 0 saturated heterocycles. The van der Waals surface area contributed by atoms with Crippen LogP contribution in [-0.4, -0.2) is 25.2 Å².